The SMILES string of the molecule is Cl.N[C@@H](c1c(F)cccc1Br)C1CCNCC1. The van der Waals surface area contributed by atoms with E-state index in [0.29, 0.717) is 11.5 Å². The van der Waals surface area contributed by atoms with Crippen molar-refractivity contribution in [3.8, 4) is 0 Å². The van der Waals surface area contributed by atoms with Crippen molar-refractivity contribution in [2.24, 2.45) is 11.7 Å². The summed E-state index contributed by atoms with van der Waals surface area (Å²) in [5.41, 5.74) is 6.79. The molecule has 0 saturated carbocycles. The summed E-state index contributed by atoms with van der Waals surface area (Å²) in [6.07, 6.45) is 2.03. The normalized spacial score (nSPS) is 18.5. The fourth-order valence-corrected chi connectivity index (χ4v) is 2.87. The highest BCUT2D eigenvalue weighted by Crippen LogP contribution is 2.32. The van der Waals surface area contributed by atoms with Gasteiger partial charge in [-0.3, -0.25) is 0 Å². The maximum atomic E-state index is 13.7. The minimum Gasteiger partial charge on any atom is -0.324 e. The van der Waals surface area contributed by atoms with Crippen LogP contribution >= 0.6 is 28.3 Å². The summed E-state index contributed by atoms with van der Waals surface area (Å²) < 4.78 is 14.5. The lowest BCUT2D eigenvalue weighted by atomic mass is 9.86. The zero-order valence-corrected chi connectivity index (χ0v) is 11.9. The molecule has 5 heteroatoms. The molecule has 0 radical (unpaired) electrons. The van der Waals surface area contributed by atoms with Gasteiger partial charge >= 0.3 is 0 Å². The Morgan fingerprint density at radius 2 is 2.00 bits per heavy atom. The van der Waals surface area contributed by atoms with Crippen molar-refractivity contribution < 1.29 is 4.39 Å². The van der Waals surface area contributed by atoms with E-state index >= 15 is 0 Å². The molecule has 1 aromatic carbocycles. The number of nitrogens with one attached hydrogen (secondary N) is 1. The number of rotatable bonds is 2. The molecule has 1 atom stereocenters. The molecule has 1 aromatic rings. The average molecular weight is 324 g/mol. The van der Waals surface area contributed by atoms with Crippen LogP contribution in [0.1, 0.15) is 24.4 Å². The topological polar surface area (TPSA) is 38.0 Å². The van der Waals surface area contributed by atoms with Crippen LogP contribution in [0, 0.1) is 11.7 Å². The van der Waals surface area contributed by atoms with Gasteiger partial charge in [0.2, 0.25) is 0 Å². The standard InChI is InChI=1S/C12H16BrFN2.ClH/c13-9-2-1-3-10(14)11(9)12(15)8-4-6-16-7-5-8;/h1-3,8,12,16H,4-7,15H2;1H/t12-;/m1./s1. The number of hydrogen-bond acceptors (Lipinski definition) is 2. The Morgan fingerprint density at radius 3 is 2.59 bits per heavy atom. The van der Waals surface area contributed by atoms with Gasteiger partial charge in [-0.05, 0) is 44.0 Å². The molecule has 96 valence electrons. The van der Waals surface area contributed by atoms with E-state index in [1.807, 2.05) is 6.07 Å². The number of nitrogens with two attached hydrogens (primary N) is 1. The van der Waals surface area contributed by atoms with Crippen molar-refractivity contribution in [3.63, 3.8) is 0 Å². The lowest BCUT2D eigenvalue weighted by Gasteiger charge is -2.29. The second kappa shape index (κ2) is 6.69. The zero-order chi connectivity index (χ0) is 11.5. The maximum absolute atomic E-state index is 13.7. The van der Waals surface area contributed by atoms with E-state index in [9.17, 15) is 4.39 Å². The largest absolute Gasteiger partial charge is 0.324 e. The van der Waals surface area contributed by atoms with Gasteiger partial charge < -0.3 is 11.1 Å². The van der Waals surface area contributed by atoms with Gasteiger partial charge in [-0.1, -0.05) is 22.0 Å². The van der Waals surface area contributed by atoms with Crippen LogP contribution in [-0.4, -0.2) is 13.1 Å². The lowest BCUT2D eigenvalue weighted by molar-refractivity contribution is 0.316. The van der Waals surface area contributed by atoms with Gasteiger partial charge in [0.25, 0.3) is 0 Å². The average Bonchev–Trinajstić information content (AvgIpc) is 2.30. The molecule has 2 rings (SSSR count). The third-order valence-electron chi connectivity index (χ3n) is 3.22. The Kier molecular flexibility index (Phi) is 5.86. The van der Waals surface area contributed by atoms with E-state index in [0.717, 1.165) is 30.4 Å². The number of piperidine rings is 1. The predicted octanol–water partition coefficient (Wildman–Crippen LogP) is 3.01. The molecular formula is C12H17BrClFN2. The van der Waals surface area contributed by atoms with Crippen molar-refractivity contribution in [3.05, 3.63) is 34.1 Å². The molecule has 0 amide bonds. The summed E-state index contributed by atoms with van der Waals surface area (Å²) in [5, 5.41) is 3.29. The van der Waals surface area contributed by atoms with Crippen molar-refractivity contribution in [2.45, 2.75) is 18.9 Å². The van der Waals surface area contributed by atoms with Gasteiger partial charge in [0, 0.05) is 16.1 Å². The highest BCUT2D eigenvalue weighted by molar-refractivity contribution is 9.10. The van der Waals surface area contributed by atoms with Crippen molar-refractivity contribution in [2.75, 3.05) is 13.1 Å². The lowest BCUT2D eigenvalue weighted by Crippen LogP contribution is -2.34. The van der Waals surface area contributed by atoms with Crippen LogP contribution in [0.25, 0.3) is 0 Å². The highest BCUT2D eigenvalue weighted by atomic mass is 79.9. The molecule has 0 aromatic heterocycles. The smallest absolute Gasteiger partial charge is 0.129 e. The van der Waals surface area contributed by atoms with Crippen molar-refractivity contribution >= 4 is 28.3 Å². The number of halogens is 3. The van der Waals surface area contributed by atoms with Crippen molar-refractivity contribution in [1.29, 1.82) is 0 Å². The molecule has 2 nitrogen and oxygen atoms in total. The molecule has 17 heavy (non-hydrogen) atoms. The first-order valence-electron chi connectivity index (χ1n) is 5.60. The quantitative estimate of drug-likeness (QED) is 0.878. The predicted molar refractivity (Wildman–Crippen MR) is 73.9 cm³/mol. The first kappa shape index (κ1) is 14.9. The summed E-state index contributed by atoms with van der Waals surface area (Å²) in [6.45, 7) is 1.95. The van der Waals surface area contributed by atoms with Crippen LogP contribution in [0.15, 0.2) is 22.7 Å². The van der Waals surface area contributed by atoms with Gasteiger partial charge in [-0.25, -0.2) is 4.39 Å². The van der Waals surface area contributed by atoms with E-state index in [-0.39, 0.29) is 24.3 Å². The first-order valence-corrected chi connectivity index (χ1v) is 6.39. The molecule has 1 fully saturated rings. The molecule has 1 heterocycles. The van der Waals surface area contributed by atoms with Crippen LogP contribution in [0.3, 0.4) is 0 Å². The second-order valence-corrected chi connectivity index (χ2v) is 5.10. The number of hydrogen-bond donors (Lipinski definition) is 2. The van der Waals surface area contributed by atoms with Crippen LogP contribution in [0.2, 0.25) is 0 Å². The van der Waals surface area contributed by atoms with Crippen LogP contribution in [-0.2, 0) is 0 Å². The molecule has 0 aliphatic carbocycles. The Bertz CT molecular complexity index is 349. The zero-order valence-electron chi connectivity index (χ0n) is 9.46. The molecular weight excluding hydrogens is 307 g/mol. The van der Waals surface area contributed by atoms with E-state index in [1.165, 1.54) is 6.07 Å². The van der Waals surface area contributed by atoms with Crippen LogP contribution in [0.4, 0.5) is 4.39 Å². The van der Waals surface area contributed by atoms with E-state index in [2.05, 4.69) is 21.2 Å². The Morgan fingerprint density at radius 1 is 1.35 bits per heavy atom. The van der Waals surface area contributed by atoms with E-state index in [4.69, 9.17) is 5.73 Å². The van der Waals surface area contributed by atoms with Gasteiger partial charge in [0.05, 0.1) is 0 Å². The van der Waals surface area contributed by atoms with Gasteiger partial charge in [0.15, 0.2) is 0 Å². The van der Waals surface area contributed by atoms with E-state index < -0.39 is 0 Å². The first-order chi connectivity index (χ1) is 7.70. The molecule has 1 saturated heterocycles. The molecule has 1 aliphatic rings. The van der Waals surface area contributed by atoms with Gasteiger partial charge in [-0.15, -0.1) is 12.4 Å². The Hall–Kier alpha value is -0.160. The fourth-order valence-electron chi connectivity index (χ4n) is 2.27. The maximum Gasteiger partial charge on any atom is 0.129 e. The third kappa shape index (κ3) is 3.41. The summed E-state index contributed by atoms with van der Waals surface area (Å²) in [4.78, 5) is 0. The molecule has 0 unspecified atom stereocenters. The Balaban J connectivity index is 0.00000144. The van der Waals surface area contributed by atoms with Crippen LogP contribution in [0.5, 0.6) is 0 Å². The minimum absolute atomic E-state index is 0. The summed E-state index contributed by atoms with van der Waals surface area (Å²) in [7, 11) is 0. The van der Waals surface area contributed by atoms with Gasteiger partial charge in [0.1, 0.15) is 5.82 Å². The molecule has 1 aliphatic heterocycles. The monoisotopic (exact) mass is 322 g/mol. The molecule has 0 bridgehead atoms. The molecule has 3 N–H and O–H groups in total. The minimum atomic E-state index is -0.210. The third-order valence-corrected chi connectivity index (χ3v) is 3.92. The van der Waals surface area contributed by atoms with E-state index in [1.54, 1.807) is 6.07 Å². The van der Waals surface area contributed by atoms with Crippen molar-refractivity contribution in [1.82, 2.24) is 5.32 Å². The summed E-state index contributed by atoms with van der Waals surface area (Å²) in [6, 6.07) is 4.80. The summed E-state index contributed by atoms with van der Waals surface area (Å²) >= 11 is 3.38. The Labute approximate surface area is 116 Å². The van der Waals surface area contributed by atoms with Crippen LogP contribution < -0.4 is 11.1 Å². The second-order valence-electron chi connectivity index (χ2n) is 4.25. The molecule has 0 spiro atoms. The fraction of sp³-hybridized carbons (Fsp3) is 0.500. The number of benzene rings is 1. The summed E-state index contributed by atoms with van der Waals surface area (Å²) in [5.74, 6) is 0.162. The highest BCUT2D eigenvalue weighted by Gasteiger charge is 2.25. The van der Waals surface area contributed by atoms with Gasteiger partial charge in [-0.2, -0.15) is 0 Å².